The van der Waals surface area contributed by atoms with Crippen molar-refractivity contribution in [1.82, 2.24) is 5.32 Å². The van der Waals surface area contributed by atoms with E-state index in [1.54, 1.807) is 12.1 Å². The maximum absolute atomic E-state index is 12.6. The Hall–Kier alpha value is -0.680. The topological polar surface area (TPSA) is 12.0 Å². The van der Waals surface area contributed by atoms with Crippen LogP contribution in [0.25, 0.3) is 0 Å². The highest BCUT2D eigenvalue weighted by molar-refractivity contribution is 7.99. The highest BCUT2D eigenvalue weighted by Gasteiger charge is 2.30. The Labute approximate surface area is 123 Å². The van der Waals surface area contributed by atoms with Gasteiger partial charge in [-0.15, -0.1) is 0 Å². The molecule has 0 aromatic heterocycles. The molecular weight excluding hydrogens is 283 g/mol. The Morgan fingerprint density at radius 1 is 1.15 bits per heavy atom. The molecule has 0 spiro atoms. The summed E-state index contributed by atoms with van der Waals surface area (Å²) < 4.78 is 37.7. The summed E-state index contributed by atoms with van der Waals surface area (Å²) in [6, 6.07) is 5.59. The third-order valence-corrected chi connectivity index (χ3v) is 4.07. The maximum atomic E-state index is 12.6. The second-order valence-corrected chi connectivity index (χ2v) is 6.62. The lowest BCUT2D eigenvalue weighted by Gasteiger charge is -2.20. The lowest BCUT2D eigenvalue weighted by atomic mass is 10.1. The van der Waals surface area contributed by atoms with E-state index < -0.39 is 11.7 Å². The number of benzene rings is 1. The van der Waals surface area contributed by atoms with Gasteiger partial charge in [-0.25, -0.2) is 0 Å². The number of nitrogens with one attached hydrogen (secondary N) is 1. The number of thioether (sulfide) groups is 1. The third-order valence-electron chi connectivity index (χ3n) is 2.88. The van der Waals surface area contributed by atoms with Gasteiger partial charge in [0.2, 0.25) is 0 Å². The van der Waals surface area contributed by atoms with Crippen molar-refractivity contribution in [1.29, 1.82) is 0 Å². The molecule has 1 nitrogen and oxygen atoms in total. The predicted molar refractivity (Wildman–Crippen MR) is 80.1 cm³/mol. The number of hydrogen-bond donors (Lipinski definition) is 1. The van der Waals surface area contributed by atoms with Crippen LogP contribution < -0.4 is 5.32 Å². The Morgan fingerprint density at radius 3 is 2.20 bits per heavy atom. The smallest absolute Gasteiger partial charge is 0.309 e. The fourth-order valence-corrected chi connectivity index (χ4v) is 2.67. The van der Waals surface area contributed by atoms with Crippen LogP contribution in [-0.4, -0.2) is 17.5 Å². The van der Waals surface area contributed by atoms with Gasteiger partial charge in [0.15, 0.2) is 0 Å². The Kier molecular flexibility index (Phi) is 6.89. The highest BCUT2D eigenvalue weighted by atomic mass is 32.2. The van der Waals surface area contributed by atoms with Crippen molar-refractivity contribution in [3.05, 3.63) is 35.4 Å². The molecule has 5 heteroatoms. The minimum absolute atomic E-state index is 0.102. The standard InChI is InChI=1S/C15H22F3NS/c1-4-9-19-14(10-20-11(2)3)12-5-7-13(8-6-12)15(16,17)18/h5-8,11,14,19H,4,9-10H2,1-3H3. The van der Waals surface area contributed by atoms with Crippen LogP contribution >= 0.6 is 11.8 Å². The van der Waals surface area contributed by atoms with E-state index in [2.05, 4.69) is 26.1 Å². The summed E-state index contributed by atoms with van der Waals surface area (Å²) in [4.78, 5) is 0. The minimum atomic E-state index is -4.27. The van der Waals surface area contributed by atoms with E-state index in [0.717, 1.165) is 36.4 Å². The zero-order valence-corrected chi connectivity index (χ0v) is 12.9. The second kappa shape index (κ2) is 7.93. The number of halogens is 3. The van der Waals surface area contributed by atoms with Gasteiger partial charge in [-0.1, -0.05) is 32.9 Å². The van der Waals surface area contributed by atoms with Crippen molar-refractivity contribution in [2.75, 3.05) is 12.3 Å². The molecule has 114 valence electrons. The fourth-order valence-electron chi connectivity index (χ4n) is 1.78. The van der Waals surface area contributed by atoms with E-state index in [4.69, 9.17) is 0 Å². The zero-order chi connectivity index (χ0) is 15.2. The summed E-state index contributed by atoms with van der Waals surface area (Å²) in [5, 5.41) is 3.91. The first kappa shape index (κ1) is 17.4. The molecule has 1 aromatic rings. The first-order chi connectivity index (χ1) is 9.34. The van der Waals surface area contributed by atoms with Gasteiger partial charge in [0.25, 0.3) is 0 Å². The van der Waals surface area contributed by atoms with Crippen molar-refractivity contribution in [2.24, 2.45) is 0 Å². The lowest BCUT2D eigenvalue weighted by Crippen LogP contribution is -2.24. The van der Waals surface area contributed by atoms with Crippen LogP contribution in [0.2, 0.25) is 0 Å². The van der Waals surface area contributed by atoms with Gasteiger partial charge in [-0.05, 0) is 35.9 Å². The van der Waals surface area contributed by atoms with Crippen molar-refractivity contribution in [3.8, 4) is 0 Å². The van der Waals surface area contributed by atoms with Crippen LogP contribution in [-0.2, 0) is 6.18 Å². The molecule has 1 rings (SSSR count). The summed E-state index contributed by atoms with van der Waals surface area (Å²) in [6.45, 7) is 7.18. The van der Waals surface area contributed by atoms with Gasteiger partial charge in [0.05, 0.1) is 5.56 Å². The van der Waals surface area contributed by atoms with E-state index in [9.17, 15) is 13.2 Å². The molecular formula is C15H22F3NS. The van der Waals surface area contributed by atoms with Gasteiger partial charge in [-0.2, -0.15) is 24.9 Å². The van der Waals surface area contributed by atoms with Crippen molar-refractivity contribution < 1.29 is 13.2 Å². The van der Waals surface area contributed by atoms with Gasteiger partial charge in [0.1, 0.15) is 0 Å². The second-order valence-electron chi connectivity index (χ2n) is 5.01. The van der Waals surface area contributed by atoms with Gasteiger partial charge in [-0.3, -0.25) is 0 Å². The van der Waals surface area contributed by atoms with Crippen molar-refractivity contribution >= 4 is 11.8 Å². The van der Waals surface area contributed by atoms with Gasteiger partial charge in [0, 0.05) is 11.8 Å². The molecule has 0 saturated heterocycles. The summed E-state index contributed by atoms with van der Waals surface area (Å²) >= 11 is 1.81. The number of rotatable bonds is 7. The Morgan fingerprint density at radius 2 is 1.75 bits per heavy atom. The first-order valence-electron chi connectivity index (χ1n) is 6.86. The summed E-state index contributed by atoms with van der Waals surface area (Å²) in [5.74, 6) is 0.864. The van der Waals surface area contributed by atoms with Gasteiger partial charge < -0.3 is 5.32 Å². The summed E-state index contributed by atoms with van der Waals surface area (Å²) in [7, 11) is 0. The predicted octanol–water partition coefficient (Wildman–Crippen LogP) is 4.89. The lowest BCUT2D eigenvalue weighted by molar-refractivity contribution is -0.137. The van der Waals surface area contributed by atoms with E-state index >= 15 is 0 Å². The average Bonchev–Trinajstić information content (AvgIpc) is 2.38. The monoisotopic (exact) mass is 305 g/mol. The van der Waals surface area contributed by atoms with Crippen LogP contribution in [0.1, 0.15) is 44.4 Å². The third kappa shape index (κ3) is 5.75. The molecule has 0 bridgehead atoms. The van der Waals surface area contributed by atoms with Gasteiger partial charge >= 0.3 is 6.18 Å². The van der Waals surface area contributed by atoms with E-state index in [0.29, 0.717) is 5.25 Å². The molecule has 1 atom stereocenters. The van der Waals surface area contributed by atoms with Crippen LogP contribution in [0.3, 0.4) is 0 Å². The molecule has 0 aliphatic carbocycles. The van der Waals surface area contributed by atoms with Crippen LogP contribution in [0.4, 0.5) is 13.2 Å². The zero-order valence-electron chi connectivity index (χ0n) is 12.1. The fraction of sp³-hybridized carbons (Fsp3) is 0.600. The van der Waals surface area contributed by atoms with E-state index in [-0.39, 0.29) is 6.04 Å². The average molecular weight is 305 g/mol. The molecule has 1 aromatic carbocycles. The quantitative estimate of drug-likeness (QED) is 0.770. The summed E-state index contributed by atoms with van der Waals surface area (Å²) in [5.41, 5.74) is 0.326. The highest BCUT2D eigenvalue weighted by Crippen LogP contribution is 2.30. The molecule has 0 heterocycles. The van der Waals surface area contributed by atoms with Crippen molar-refractivity contribution in [2.45, 2.75) is 44.7 Å². The molecule has 0 radical (unpaired) electrons. The largest absolute Gasteiger partial charge is 0.416 e. The normalized spacial score (nSPS) is 13.8. The first-order valence-corrected chi connectivity index (χ1v) is 7.91. The number of hydrogen-bond acceptors (Lipinski definition) is 2. The molecule has 1 N–H and O–H groups in total. The Bertz CT molecular complexity index is 387. The maximum Gasteiger partial charge on any atom is 0.416 e. The molecule has 0 aliphatic heterocycles. The number of alkyl halides is 3. The summed E-state index contributed by atoms with van der Waals surface area (Å²) in [6.07, 6.45) is -3.26. The van der Waals surface area contributed by atoms with E-state index in [1.165, 1.54) is 0 Å². The van der Waals surface area contributed by atoms with Crippen LogP contribution in [0.15, 0.2) is 24.3 Å². The van der Waals surface area contributed by atoms with Crippen LogP contribution in [0, 0.1) is 0 Å². The van der Waals surface area contributed by atoms with Crippen molar-refractivity contribution in [3.63, 3.8) is 0 Å². The molecule has 0 amide bonds. The molecule has 20 heavy (non-hydrogen) atoms. The molecule has 0 saturated carbocycles. The SMILES string of the molecule is CCCNC(CSC(C)C)c1ccc(C(F)(F)F)cc1. The van der Waals surface area contributed by atoms with E-state index in [1.807, 2.05) is 11.8 Å². The molecule has 0 aliphatic rings. The Balaban J connectivity index is 2.79. The molecule has 0 fully saturated rings. The molecule has 1 unspecified atom stereocenters. The minimum Gasteiger partial charge on any atom is -0.309 e. The van der Waals surface area contributed by atoms with Crippen LogP contribution in [0.5, 0.6) is 0 Å².